The lowest BCUT2D eigenvalue weighted by atomic mass is 9.84. The van der Waals surface area contributed by atoms with E-state index in [1.807, 2.05) is 18.3 Å². The van der Waals surface area contributed by atoms with Gasteiger partial charge >= 0.3 is 0 Å². The van der Waals surface area contributed by atoms with Crippen LogP contribution in [0, 0.1) is 40.9 Å². The molecule has 0 aliphatic carbocycles. The van der Waals surface area contributed by atoms with Crippen molar-refractivity contribution in [3.8, 4) is 24.7 Å². The number of terminal acetylenes is 2. The van der Waals surface area contributed by atoms with Crippen LogP contribution in [-0.4, -0.2) is 69.2 Å². The van der Waals surface area contributed by atoms with Gasteiger partial charge in [0, 0.05) is 77.5 Å². The topological polar surface area (TPSA) is 193 Å². The first-order valence-electron chi connectivity index (χ1n) is 40.5. The first-order chi connectivity index (χ1) is 55.5. The zero-order valence-corrected chi connectivity index (χ0v) is 83.1. The Balaban J connectivity index is 0.000000665. The number of aromatic nitrogens is 8. The number of nitrogens with zero attached hydrogens (tertiary/aromatic N) is 11. The second-order valence-electron chi connectivity index (χ2n) is 39.7. The Hall–Kier alpha value is -9.63. The van der Waals surface area contributed by atoms with Crippen LogP contribution in [0.2, 0.25) is 0 Å². The summed E-state index contributed by atoms with van der Waals surface area (Å²) in [5.41, 5.74) is 16.2. The van der Waals surface area contributed by atoms with Crippen LogP contribution in [0.4, 0.5) is 0 Å². The minimum Gasteiger partial charge on any atom is -0.445 e. The Morgan fingerprint density at radius 2 is 1.02 bits per heavy atom. The van der Waals surface area contributed by atoms with E-state index in [0.29, 0.717) is 11.8 Å². The molecule has 0 saturated carbocycles. The van der Waals surface area contributed by atoms with Crippen LogP contribution in [0.15, 0.2) is 181 Å². The number of hydrogen-bond donors (Lipinski definition) is 0. The summed E-state index contributed by atoms with van der Waals surface area (Å²) in [5, 5.41) is 13.8. The number of thiazole rings is 2. The molecule has 11 rings (SSSR count). The highest BCUT2D eigenvalue weighted by atomic mass is 32.1. The van der Waals surface area contributed by atoms with Crippen molar-refractivity contribution < 1.29 is 17.9 Å². The van der Waals surface area contributed by atoms with Crippen LogP contribution in [0.3, 0.4) is 0 Å². The molecule has 0 bridgehead atoms. The zero-order valence-electron chi connectivity index (χ0n) is 79.9. The lowest BCUT2D eigenvalue weighted by Crippen LogP contribution is -2.14. The summed E-state index contributed by atoms with van der Waals surface area (Å²) >= 11 is 6.41. The summed E-state index contributed by atoms with van der Waals surface area (Å²) in [4.78, 5) is 32.3. The third-order valence-corrected chi connectivity index (χ3v) is 21.4. The summed E-state index contributed by atoms with van der Waals surface area (Å²) in [7, 11) is 0. The first-order valence-corrected chi connectivity index (χ1v) is 43.8. The van der Waals surface area contributed by atoms with E-state index in [2.05, 4.69) is 389 Å². The third-order valence-electron chi connectivity index (χ3n) is 17.3. The second kappa shape index (κ2) is 47.7. The van der Waals surface area contributed by atoms with Crippen molar-refractivity contribution in [1.82, 2.24) is 39.0 Å². The Kier molecular flexibility index (Phi) is 43.1. The van der Waals surface area contributed by atoms with Crippen LogP contribution in [0.5, 0.6) is 0 Å². The average molecular weight is 1720 g/mol. The van der Waals surface area contributed by atoms with Gasteiger partial charge in [0.1, 0.15) is 51.2 Å². The van der Waals surface area contributed by atoms with Crippen LogP contribution in [0.1, 0.15) is 323 Å². The molecular weight excluding hydrogens is 1570 g/mol. The molecule has 121 heavy (non-hydrogen) atoms. The number of aliphatic imine (C=N–C) groups is 3. The molecule has 3 aliphatic heterocycles. The molecule has 19 heteroatoms. The normalized spacial score (nSPS) is 13.1. The predicted molar refractivity (Wildman–Crippen MR) is 532 cm³/mol. The molecule has 0 fully saturated rings. The van der Waals surface area contributed by atoms with Crippen LogP contribution >= 0.6 is 45.7 Å². The molecule has 0 radical (unpaired) electrons. The fourth-order valence-electron chi connectivity index (χ4n) is 9.51. The fourth-order valence-corrected chi connectivity index (χ4v) is 12.9. The third kappa shape index (κ3) is 39.8. The molecule has 0 spiro atoms. The van der Waals surface area contributed by atoms with Gasteiger partial charge in [-0.3, -0.25) is 9.98 Å². The maximum absolute atomic E-state index is 5.37. The SMILES string of the molecule is C#CC1=NC(C(C)(C)C)=CC1.C#CC1=NCC=C1C(C)(C)C.C=CC1=NCC(C(C)(C)C)=C1.C=Cc1cc(C(C)(C)C)on1.C=Cc1cc(C(C)(C)C)sn1.C=Cc1nc(C(C)(C)C)co1.C=Cc1nc(C(C)(C)C)cs1.C=Cc1ncc(C(C)(C)C)o1.C=Cc1ncc(C(C)(C)C)s1.C=Cc1nocc1C(C)(C)C.C=Cc1nscc1C(C)(C)C. The van der Waals surface area contributed by atoms with Gasteiger partial charge in [0.2, 0.25) is 11.8 Å². The van der Waals surface area contributed by atoms with Gasteiger partial charge in [-0.15, -0.1) is 35.5 Å². The second-order valence-corrected chi connectivity index (χ2v) is 43.1. The van der Waals surface area contributed by atoms with Crippen LogP contribution in [0.25, 0.3) is 48.6 Å². The van der Waals surface area contributed by atoms with Crippen molar-refractivity contribution in [1.29, 1.82) is 0 Å². The van der Waals surface area contributed by atoms with Gasteiger partial charge in [-0.2, -0.15) is 8.75 Å². The highest BCUT2D eigenvalue weighted by molar-refractivity contribution is 7.12. The van der Waals surface area contributed by atoms with Crippen molar-refractivity contribution in [2.75, 3.05) is 13.1 Å². The van der Waals surface area contributed by atoms with E-state index in [4.69, 9.17) is 30.7 Å². The van der Waals surface area contributed by atoms with Gasteiger partial charge < -0.3 is 17.9 Å². The van der Waals surface area contributed by atoms with Gasteiger partial charge in [0.05, 0.1) is 53.5 Å². The van der Waals surface area contributed by atoms with Gasteiger partial charge in [0.15, 0.2) is 0 Å². The van der Waals surface area contributed by atoms with E-state index < -0.39 is 0 Å². The first kappa shape index (κ1) is 109. The Morgan fingerprint density at radius 3 is 1.32 bits per heavy atom. The maximum Gasteiger partial charge on any atom is 0.218 e. The quantitative estimate of drug-likeness (QED) is 0.124. The van der Waals surface area contributed by atoms with Gasteiger partial charge in [0.25, 0.3) is 0 Å². The monoisotopic (exact) mass is 1720 g/mol. The number of oxazole rings is 2. The molecule has 656 valence electrons. The Morgan fingerprint density at radius 1 is 0.455 bits per heavy atom. The van der Waals surface area contributed by atoms with Crippen molar-refractivity contribution >= 4 is 111 Å². The molecule has 0 amide bonds. The standard InChI is InChI=1S/C10H15N.2C10H13N.4C9H13NO.4C9H13NS/c1-5-9-6-8(7-11-9)10(2,3)4;1-5-9-8(6-7-11-9)10(2,3)4;1-5-8-6-7-9(11-8)10(2,3)4;1-5-8-10-7(6-11-8)9(2,3)4;1-5-8-10-6-7(11-8)9(2,3)4;1-5-8-7(6-11-10-8)9(2,3)4;1-5-7-6-8(11-10-7)9(2,3)4;1-5-8-10-7(6-11-8)9(2,3)4;1-5-8-10-6-7(11-8)9(2,3)4;1-5-8-7(6-11-10-8)9(2,3)4;1-5-7-6-8(11-10-7)9(2,3)4/h5-6H,1,7H2,2-4H3;1,6H,7H2,2-4H3;1,7H,6H2,2-4H3;8*5-6H,1H2,2-4H3. The highest BCUT2D eigenvalue weighted by Gasteiger charge is 2.27. The molecule has 11 heterocycles. The van der Waals surface area contributed by atoms with Crippen molar-refractivity contribution in [2.24, 2.45) is 31.2 Å². The largest absolute Gasteiger partial charge is 0.445 e. The molecule has 0 N–H and O–H groups in total. The number of hydrogen-bond acceptors (Lipinski definition) is 19. The van der Waals surface area contributed by atoms with Crippen molar-refractivity contribution in [3.63, 3.8) is 0 Å². The summed E-state index contributed by atoms with van der Waals surface area (Å²) in [6, 6.07) is 4.00. The van der Waals surface area contributed by atoms with E-state index in [1.54, 1.807) is 102 Å². The van der Waals surface area contributed by atoms with E-state index in [-0.39, 0.29) is 59.6 Å². The molecule has 0 aromatic carbocycles. The molecule has 0 saturated heterocycles. The predicted octanol–water partition coefficient (Wildman–Crippen LogP) is 29.8. The Labute approximate surface area is 746 Å². The number of allylic oxidation sites excluding steroid dienone is 5. The van der Waals surface area contributed by atoms with Crippen molar-refractivity contribution in [3.05, 3.63) is 237 Å². The molecule has 8 aromatic heterocycles. The van der Waals surface area contributed by atoms with Crippen LogP contribution < -0.4 is 0 Å². The van der Waals surface area contributed by atoms with Gasteiger partial charge in [-0.25, -0.2) is 24.9 Å². The average Bonchev–Trinajstić information content (AvgIpc) is 1.71. The molecule has 3 aliphatic rings. The van der Waals surface area contributed by atoms with E-state index >= 15 is 0 Å². The van der Waals surface area contributed by atoms with E-state index in [0.717, 1.165) is 104 Å². The summed E-state index contributed by atoms with van der Waals surface area (Å²) in [6.45, 7) is 105. The molecular formula is C102H145N11O4S4. The fraction of sp³-hybridized carbons (Fsp3) is 0.461. The lowest BCUT2D eigenvalue weighted by molar-refractivity contribution is 0.328. The van der Waals surface area contributed by atoms with Gasteiger partial charge in [-0.05, 0) is 139 Å². The summed E-state index contributed by atoms with van der Waals surface area (Å²) < 4.78 is 28.9. The lowest BCUT2D eigenvalue weighted by Gasteiger charge is -2.19. The maximum atomic E-state index is 5.37. The zero-order chi connectivity index (χ0) is 93.3. The van der Waals surface area contributed by atoms with E-state index in [1.165, 1.54) is 38.0 Å². The summed E-state index contributed by atoms with van der Waals surface area (Å²) in [5.74, 6) is 8.14. The smallest absolute Gasteiger partial charge is 0.218 e. The minimum absolute atomic E-state index is 0.0360. The molecule has 8 aromatic rings. The molecule has 0 unspecified atom stereocenters. The molecule has 15 nitrogen and oxygen atoms in total. The number of rotatable bonds is 9. The van der Waals surface area contributed by atoms with Crippen molar-refractivity contribution in [2.45, 2.75) is 278 Å². The molecule has 0 atom stereocenters. The Bertz CT molecular complexity index is 4430. The summed E-state index contributed by atoms with van der Waals surface area (Å²) in [6.07, 6.45) is 40.3. The van der Waals surface area contributed by atoms with E-state index in [9.17, 15) is 0 Å². The minimum atomic E-state index is 0.0360. The highest BCUT2D eigenvalue weighted by Crippen LogP contribution is 2.35. The van der Waals surface area contributed by atoms with Gasteiger partial charge in [-0.1, -0.05) is 322 Å². The van der Waals surface area contributed by atoms with Crippen LogP contribution in [-0.2, 0) is 43.3 Å².